The van der Waals surface area contributed by atoms with Crippen LogP contribution in [0.1, 0.15) is 128 Å². The first-order valence-corrected chi connectivity index (χ1v) is 28.8. The molecule has 15 rings (SSSR count). The second-order valence-electron chi connectivity index (χ2n) is 26.0. The van der Waals surface area contributed by atoms with E-state index in [2.05, 4.69) is 241 Å². The molecule has 0 spiro atoms. The van der Waals surface area contributed by atoms with Crippen molar-refractivity contribution in [1.29, 1.82) is 0 Å². The van der Waals surface area contributed by atoms with E-state index >= 15 is 0 Å². The van der Waals surface area contributed by atoms with Crippen molar-refractivity contribution in [3.05, 3.63) is 202 Å². The van der Waals surface area contributed by atoms with E-state index in [4.69, 9.17) is 0 Å². The zero-order valence-corrected chi connectivity index (χ0v) is 47.0. The molecule has 0 aliphatic heterocycles. The fourth-order valence-electron chi connectivity index (χ4n) is 14.5. The van der Waals surface area contributed by atoms with Gasteiger partial charge in [0, 0.05) is 56.6 Å². The summed E-state index contributed by atoms with van der Waals surface area (Å²) in [5.41, 5.74) is 24.6. The Kier molecular flexibility index (Phi) is 8.96. The van der Waals surface area contributed by atoms with Crippen LogP contribution < -0.4 is 0 Å². The molecule has 0 saturated heterocycles. The van der Waals surface area contributed by atoms with Crippen molar-refractivity contribution in [1.82, 2.24) is 0 Å². The fraction of sp³-hybridized carbons (Fsp3) is 0.233. The third-order valence-electron chi connectivity index (χ3n) is 18.5. The summed E-state index contributed by atoms with van der Waals surface area (Å²) in [4.78, 5) is 0. The van der Waals surface area contributed by atoms with E-state index < -0.39 is 0 Å². The van der Waals surface area contributed by atoms with Gasteiger partial charge in [0.15, 0.2) is 0 Å². The molecule has 2 heterocycles. The van der Waals surface area contributed by atoms with Gasteiger partial charge in [0.25, 0.3) is 0 Å². The first-order chi connectivity index (χ1) is 35.7. The predicted octanol–water partition coefficient (Wildman–Crippen LogP) is 21.6. The minimum Gasteiger partial charge on any atom is -0.135 e. The molecule has 0 saturated carbocycles. The van der Waals surface area contributed by atoms with Gasteiger partial charge in [-0.2, -0.15) is 0 Å². The van der Waals surface area contributed by atoms with Crippen molar-refractivity contribution in [2.45, 2.75) is 110 Å². The minimum atomic E-state index is -0.204. The summed E-state index contributed by atoms with van der Waals surface area (Å²) in [6, 6.07) is 62.2. The lowest BCUT2D eigenvalue weighted by Gasteiger charge is -2.25. The molecule has 0 unspecified atom stereocenters. The van der Waals surface area contributed by atoms with Gasteiger partial charge in [-0.15, -0.1) is 22.7 Å². The summed E-state index contributed by atoms with van der Waals surface area (Å²) >= 11 is 3.91. The van der Waals surface area contributed by atoms with Gasteiger partial charge in [-0.05, 0) is 181 Å². The van der Waals surface area contributed by atoms with Crippen LogP contribution in [0.2, 0.25) is 0 Å². The molecule has 3 aliphatic rings. The Morgan fingerprint density at radius 2 is 0.627 bits per heavy atom. The molecule has 0 amide bonds. The van der Waals surface area contributed by atoms with Gasteiger partial charge in [-0.3, -0.25) is 0 Å². The normalized spacial score (nSPS) is 15.8. The van der Waals surface area contributed by atoms with E-state index in [1.54, 1.807) is 0 Å². The highest BCUT2D eigenvalue weighted by Crippen LogP contribution is 2.62. The monoisotopic (exact) mass is 1000 g/mol. The molecular formula is C73H62S2. The van der Waals surface area contributed by atoms with E-state index in [0.29, 0.717) is 0 Å². The lowest BCUT2D eigenvalue weighted by molar-refractivity contribution is 0.596. The number of hydrogen-bond acceptors (Lipinski definition) is 2. The van der Waals surface area contributed by atoms with Crippen molar-refractivity contribution in [3.63, 3.8) is 0 Å². The fourth-order valence-corrected chi connectivity index (χ4v) is 17.4. The van der Waals surface area contributed by atoms with Gasteiger partial charge in [0.2, 0.25) is 0 Å². The smallest absolute Gasteiger partial charge is 0.0392 e. The Balaban J connectivity index is 0.863. The van der Waals surface area contributed by atoms with Crippen molar-refractivity contribution in [3.8, 4) is 55.6 Å². The predicted molar refractivity (Wildman–Crippen MR) is 328 cm³/mol. The Morgan fingerprint density at radius 3 is 1.03 bits per heavy atom. The highest BCUT2D eigenvalue weighted by Gasteiger charge is 2.46. The summed E-state index contributed by atoms with van der Waals surface area (Å²) < 4.78 is 5.54. The molecule has 12 aromatic rings. The molecule has 3 aliphatic carbocycles. The number of fused-ring (bicyclic) bond motifs is 19. The largest absolute Gasteiger partial charge is 0.135 e. The molecule has 2 heteroatoms. The zero-order valence-electron chi connectivity index (χ0n) is 45.3. The lowest BCUT2D eigenvalue weighted by atomic mass is 9.78. The van der Waals surface area contributed by atoms with Gasteiger partial charge in [-0.1, -0.05) is 192 Å². The molecule has 2 aromatic heterocycles. The van der Waals surface area contributed by atoms with Crippen LogP contribution in [-0.4, -0.2) is 0 Å². The van der Waals surface area contributed by atoms with Crippen LogP contribution in [0.3, 0.4) is 0 Å². The summed E-state index contributed by atoms with van der Waals surface area (Å²) in [5.74, 6) is 0. The summed E-state index contributed by atoms with van der Waals surface area (Å²) in [5, 5.41) is 10.8. The van der Waals surface area contributed by atoms with E-state index in [1.807, 2.05) is 22.7 Å². The second kappa shape index (κ2) is 14.8. The van der Waals surface area contributed by atoms with Crippen LogP contribution in [0.25, 0.3) is 118 Å². The van der Waals surface area contributed by atoms with Gasteiger partial charge >= 0.3 is 0 Å². The van der Waals surface area contributed by atoms with Crippen molar-refractivity contribution >= 4 is 84.6 Å². The van der Waals surface area contributed by atoms with Gasteiger partial charge < -0.3 is 0 Å². The molecule has 75 heavy (non-hydrogen) atoms. The maximum atomic E-state index is 2.62. The second-order valence-corrected chi connectivity index (χ2v) is 28.1. The Hall–Kier alpha value is -6.84. The van der Waals surface area contributed by atoms with E-state index in [9.17, 15) is 0 Å². The SMILES string of the molecule is CC(C)(C)c1cccc2c1sc1cc(-c3cc4c(c5ccccc35)-c3cc5c(cc3C4(C)C)-c3cc4c(cc3C5(C)C)-c3c(cc(-c5ccc6c(c5)sc5c(C(C)(C)C)cccc56)c5ccccc35)C4(C)C)ccc12. The van der Waals surface area contributed by atoms with Crippen LogP contribution in [0.4, 0.5) is 0 Å². The Bertz CT molecular complexity index is 4270. The van der Waals surface area contributed by atoms with E-state index in [0.717, 1.165) is 0 Å². The average molecular weight is 1000 g/mol. The van der Waals surface area contributed by atoms with Crippen LogP contribution in [-0.2, 0) is 27.1 Å². The van der Waals surface area contributed by atoms with Gasteiger partial charge in [-0.25, -0.2) is 0 Å². The first-order valence-electron chi connectivity index (χ1n) is 27.1. The van der Waals surface area contributed by atoms with E-state index in [1.165, 1.54) is 162 Å². The molecule has 0 atom stereocenters. The van der Waals surface area contributed by atoms with Crippen molar-refractivity contribution in [2.24, 2.45) is 0 Å². The van der Waals surface area contributed by atoms with Crippen LogP contribution in [0.5, 0.6) is 0 Å². The standard InChI is InChI=1S/C73H62S2/c1-69(2,3)55-25-17-23-47-43-29-27-39(31-63(43)74-67(47)55)49-33-61-65(45-21-15-13-19-41(45)49)53-37-57-51(35-59(53)72(61,9)10)52-36-60-54(38-58(52)71(57,7)8)66-46-22-16-14-20-42(46)50(34-62(66)73(60,11)12)40-28-30-44-48-24-18-26-56(70(4,5)6)68(48)75-64(44)32-40/h13-38H,1-12H3. The highest BCUT2D eigenvalue weighted by molar-refractivity contribution is 7.26. The minimum absolute atomic E-state index is 0.0786. The summed E-state index contributed by atoms with van der Waals surface area (Å²) in [6.45, 7) is 28.8. The quantitative estimate of drug-likeness (QED) is 0.162. The molecule has 0 bridgehead atoms. The average Bonchev–Trinajstić information content (AvgIpc) is 4.34. The third kappa shape index (κ3) is 6.05. The number of rotatable bonds is 2. The number of benzene rings is 10. The molecule has 366 valence electrons. The molecular weight excluding hydrogens is 941 g/mol. The highest BCUT2D eigenvalue weighted by atomic mass is 32.1. The molecule has 10 aromatic carbocycles. The zero-order chi connectivity index (χ0) is 51.6. The maximum absolute atomic E-state index is 2.62. The van der Waals surface area contributed by atoms with Crippen molar-refractivity contribution in [2.75, 3.05) is 0 Å². The molecule has 0 fully saturated rings. The Morgan fingerprint density at radius 1 is 0.293 bits per heavy atom. The Labute approximate surface area is 449 Å². The van der Waals surface area contributed by atoms with Gasteiger partial charge in [0.1, 0.15) is 0 Å². The summed E-state index contributed by atoms with van der Waals surface area (Å²) in [6.07, 6.45) is 0. The lowest BCUT2D eigenvalue weighted by Crippen LogP contribution is -2.17. The number of hydrogen-bond donors (Lipinski definition) is 0. The van der Waals surface area contributed by atoms with Gasteiger partial charge in [0.05, 0.1) is 0 Å². The summed E-state index contributed by atoms with van der Waals surface area (Å²) in [7, 11) is 0. The van der Waals surface area contributed by atoms with Crippen LogP contribution >= 0.6 is 22.7 Å². The number of thiophene rings is 2. The maximum Gasteiger partial charge on any atom is 0.0392 e. The first kappa shape index (κ1) is 45.5. The molecule has 0 N–H and O–H groups in total. The third-order valence-corrected chi connectivity index (χ3v) is 20.9. The molecule has 0 nitrogen and oxygen atoms in total. The van der Waals surface area contributed by atoms with Crippen LogP contribution in [0.15, 0.2) is 158 Å². The van der Waals surface area contributed by atoms with Crippen LogP contribution in [0, 0.1) is 0 Å². The van der Waals surface area contributed by atoms with Crippen molar-refractivity contribution < 1.29 is 0 Å². The van der Waals surface area contributed by atoms with E-state index in [-0.39, 0.29) is 27.1 Å². The molecule has 0 radical (unpaired) electrons. The topological polar surface area (TPSA) is 0 Å².